The Labute approximate surface area is 141 Å². The zero-order chi connectivity index (χ0) is 17.1. The van der Waals surface area contributed by atoms with Gasteiger partial charge in [-0.15, -0.1) is 0 Å². The van der Waals surface area contributed by atoms with E-state index < -0.39 is 6.04 Å². The third-order valence-corrected chi connectivity index (χ3v) is 4.23. The number of hydrogen-bond donors (Lipinski definition) is 0. The molecule has 2 unspecified atom stereocenters. The molecular weight excluding hydrogens is 304 g/mol. The van der Waals surface area contributed by atoms with Crippen LogP contribution in [-0.4, -0.2) is 34.9 Å². The van der Waals surface area contributed by atoms with E-state index in [4.69, 9.17) is 4.74 Å². The first kappa shape index (κ1) is 16.2. The van der Waals surface area contributed by atoms with Crippen molar-refractivity contribution in [1.82, 2.24) is 9.88 Å². The van der Waals surface area contributed by atoms with Crippen LogP contribution in [0.25, 0.3) is 0 Å². The molecule has 0 spiro atoms. The van der Waals surface area contributed by atoms with Crippen molar-refractivity contribution in [3.8, 4) is 0 Å². The van der Waals surface area contributed by atoms with Crippen molar-refractivity contribution in [3.63, 3.8) is 0 Å². The lowest BCUT2D eigenvalue weighted by atomic mass is 10.0. The van der Waals surface area contributed by atoms with Crippen LogP contribution in [0.5, 0.6) is 0 Å². The predicted molar refractivity (Wildman–Crippen MR) is 89.5 cm³/mol. The molecule has 3 rings (SSSR count). The Balaban J connectivity index is 1.90. The van der Waals surface area contributed by atoms with Crippen molar-refractivity contribution in [3.05, 3.63) is 65.5 Å². The number of hydrogen-bond acceptors (Lipinski definition) is 4. The summed E-state index contributed by atoms with van der Waals surface area (Å²) in [6, 6.07) is 12.2. The van der Waals surface area contributed by atoms with E-state index in [-0.39, 0.29) is 24.4 Å². The van der Waals surface area contributed by atoms with Gasteiger partial charge in [0.1, 0.15) is 0 Å². The van der Waals surface area contributed by atoms with Crippen molar-refractivity contribution < 1.29 is 14.3 Å². The number of ether oxygens (including phenoxy) is 1. The van der Waals surface area contributed by atoms with Gasteiger partial charge in [0.25, 0.3) is 5.91 Å². The molecule has 0 N–H and O–H groups in total. The van der Waals surface area contributed by atoms with Crippen LogP contribution >= 0.6 is 0 Å². The van der Waals surface area contributed by atoms with Crippen molar-refractivity contribution in [2.45, 2.75) is 25.8 Å². The molecule has 5 heteroatoms. The summed E-state index contributed by atoms with van der Waals surface area (Å²) in [4.78, 5) is 31.2. The summed E-state index contributed by atoms with van der Waals surface area (Å²) in [5.74, 6) is -0.503. The summed E-state index contributed by atoms with van der Waals surface area (Å²) in [5.41, 5.74) is 2.18. The van der Waals surface area contributed by atoms with Crippen LogP contribution in [0, 0.1) is 0 Å². The highest BCUT2D eigenvalue weighted by atomic mass is 16.5. The van der Waals surface area contributed by atoms with Gasteiger partial charge in [0.15, 0.2) is 6.04 Å². The summed E-state index contributed by atoms with van der Waals surface area (Å²) in [6.45, 7) is 4.46. The standard InChI is InChI=1S/C19H20N2O3/c1-3-24-19(23)17-14-8-4-5-9-15(14)18(22)21(17)12-13(2)16-10-6-7-11-20-16/h4-11,13,17H,3,12H2,1-2H3. The maximum atomic E-state index is 12.8. The third kappa shape index (κ3) is 2.89. The number of fused-ring (bicyclic) bond motifs is 1. The number of rotatable bonds is 5. The van der Waals surface area contributed by atoms with Crippen molar-refractivity contribution in [1.29, 1.82) is 0 Å². The van der Waals surface area contributed by atoms with Crippen molar-refractivity contribution >= 4 is 11.9 Å². The highest BCUT2D eigenvalue weighted by Crippen LogP contribution is 2.35. The number of pyridine rings is 1. The van der Waals surface area contributed by atoms with Gasteiger partial charge in [-0.1, -0.05) is 31.2 Å². The Kier molecular flexibility index (Phi) is 4.60. The average molecular weight is 324 g/mol. The molecule has 1 aliphatic rings. The number of esters is 1. The molecule has 1 aromatic heterocycles. The van der Waals surface area contributed by atoms with E-state index in [2.05, 4.69) is 4.98 Å². The van der Waals surface area contributed by atoms with Crippen LogP contribution in [-0.2, 0) is 9.53 Å². The van der Waals surface area contributed by atoms with Gasteiger partial charge in [0, 0.05) is 29.9 Å². The van der Waals surface area contributed by atoms with Crippen molar-refractivity contribution in [2.24, 2.45) is 0 Å². The average Bonchev–Trinajstić information content (AvgIpc) is 2.88. The number of carbonyl (C=O) groups excluding carboxylic acids is 2. The maximum absolute atomic E-state index is 12.8. The molecule has 5 nitrogen and oxygen atoms in total. The molecule has 0 bridgehead atoms. The van der Waals surface area contributed by atoms with Gasteiger partial charge in [-0.25, -0.2) is 4.79 Å². The topological polar surface area (TPSA) is 59.5 Å². The van der Waals surface area contributed by atoms with Crippen LogP contribution < -0.4 is 0 Å². The van der Waals surface area contributed by atoms with Gasteiger partial charge in [-0.05, 0) is 30.7 Å². The Bertz CT molecular complexity index is 745. The molecule has 2 heterocycles. The van der Waals surface area contributed by atoms with Crippen molar-refractivity contribution in [2.75, 3.05) is 13.2 Å². The Morgan fingerprint density at radius 1 is 1.25 bits per heavy atom. The minimum atomic E-state index is -0.681. The molecule has 1 aromatic carbocycles. The lowest BCUT2D eigenvalue weighted by Crippen LogP contribution is -2.36. The number of amides is 1. The monoisotopic (exact) mass is 324 g/mol. The minimum Gasteiger partial charge on any atom is -0.464 e. The number of benzene rings is 1. The van der Waals surface area contributed by atoms with Crippen LogP contribution in [0.1, 0.15) is 47.4 Å². The fourth-order valence-corrected chi connectivity index (χ4v) is 3.09. The first-order valence-corrected chi connectivity index (χ1v) is 8.11. The molecule has 0 aliphatic carbocycles. The molecule has 0 saturated carbocycles. The fraction of sp³-hybridized carbons (Fsp3) is 0.316. The smallest absolute Gasteiger partial charge is 0.333 e. The van der Waals surface area contributed by atoms with E-state index in [9.17, 15) is 9.59 Å². The molecule has 0 saturated heterocycles. The predicted octanol–water partition coefficient (Wildman–Crippen LogP) is 2.95. The first-order valence-electron chi connectivity index (χ1n) is 8.11. The molecule has 1 amide bonds. The molecule has 0 fully saturated rings. The summed E-state index contributed by atoms with van der Waals surface area (Å²) >= 11 is 0. The minimum absolute atomic E-state index is 0.0152. The zero-order valence-electron chi connectivity index (χ0n) is 13.8. The van der Waals surface area contributed by atoms with Gasteiger partial charge >= 0.3 is 5.97 Å². The van der Waals surface area contributed by atoms with Gasteiger partial charge in [0.05, 0.1) is 6.61 Å². The molecule has 2 aromatic rings. The van der Waals surface area contributed by atoms with E-state index in [1.54, 1.807) is 24.1 Å². The molecule has 24 heavy (non-hydrogen) atoms. The fourth-order valence-electron chi connectivity index (χ4n) is 3.09. The lowest BCUT2D eigenvalue weighted by molar-refractivity contribution is -0.148. The van der Waals surface area contributed by atoms with E-state index in [1.165, 1.54) is 0 Å². The highest BCUT2D eigenvalue weighted by Gasteiger charge is 2.42. The number of carbonyl (C=O) groups is 2. The lowest BCUT2D eigenvalue weighted by Gasteiger charge is -2.26. The van der Waals surface area contributed by atoms with Gasteiger partial charge < -0.3 is 9.64 Å². The van der Waals surface area contributed by atoms with Crippen LogP contribution in [0.2, 0.25) is 0 Å². The maximum Gasteiger partial charge on any atom is 0.333 e. The SMILES string of the molecule is CCOC(=O)C1c2ccccc2C(=O)N1CC(C)c1ccccn1. The van der Waals surface area contributed by atoms with Gasteiger partial charge in [-0.3, -0.25) is 9.78 Å². The Morgan fingerprint density at radius 3 is 2.71 bits per heavy atom. The van der Waals surface area contributed by atoms with Crippen LogP contribution in [0.4, 0.5) is 0 Å². The van der Waals surface area contributed by atoms with E-state index >= 15 is 0 Å². The summed E-state index contributed by atoms with van der Waals surface area (Å²) in [7, 11) is 0. The second-order valence-corrected chi connectivity index (χ2v) is 5.86. The molecular formula is C19H20N2O3. The zero-order valence-corrected chi connectivity index (χ0v) is 13.8. The summed E-state index contributed by atoms with van der Waals surface area (Å²) in [5, 5.41) is 0. The van der Waals surface area contributed by atoms with Crippen LogP contribution in [0.3, 0.4) is 0 Å². The molecule has 2 atom stereocenters. The number of nitrogens with zero attached hydrogens (tertiary/aromatic N) is 2. The second kappa shape index (κ2) is 6.83. The quantitative estimate of drug-likeness (QED) is 0.794. The normalized spacial score (nSPS) is 17.5. The first-order chi connectivity index (χ1) is 11.6. The second-order valence-electron chi connectivity index (χ2n) is 5.86. The Morgan fingerprint density at radius 2 is 2.00 bits per heavy atom. The molecule has 0 radical (unpaired) electrons. The largest absolute Gasteiger partial charge is 0.464 e. The van der Waals surface area contributed by atoms with E-state index in [0.29, 0.717) is 17.7 Å². The molecule has 1 aliphatic heterocycles. The van der Waals surface area contributed by atoms with Crippen LogP contribution in [0.15, 0.2) is 48.7 Å². The van der Waals surface area contributed by atoms with E-state index in [1.807, 2.05) is 43.3 Å². The molecule has 124 valence electrons. The summed E-state index contributed by atoms with van der Waals surface area (Å²) in [6.07, 6.45) is 1.73. The number of aromatic nitrogens is 1. The summed E-state index contributed by atoms with van der Waals surface area (Å²) < 4.78 is 5.20. The van der Waals surface area contributed by atoms with Gasteiger partial charge in [0.2, 0.25) is 0 Å². The highest BCUT2D eigenvalue weighted by molar-refractivity contribution is 6.03. The Hall–Kier alpha value is -2.69. The van der Waals surface area contributed by atoms with E-state index in [0.717, 1.165) is 5.69 Å². The third-order valence-electron chi connectivity index (χ3n) is 4.23. The van der Waals surface area contributed by atoms with Gasteiger partial charge in [-0.2, -0.15) is 0 Å².